The van der Waals surface area contributed by atoms with Crippen molar-refractivity contribution in [3.8, 4) is 0 Å². The Morgan fingerprint density at radius 1 is 1.10 bits per heavy atom. The van der Waals surface area contributed by atoms with E-state index >= 15 is 0 Å². The van der Waals surface area contributed by atoms with Crippen LogP contribution in [0.25, 0.3) is 0 Å². The van der Waals surface area contributed by atoms with Gasteiger partial charge in [-0.15, -0.1) is 0 Å². The Morgan fingerprint density at radius 3 is 2.45 bits per heavy atom. The predicted octanol–water partition coefficient (Wildman–Crippen LogP) is 3.58. The molecule has 2 saturated heterocycles. The van der Waals surface area contributed by atoms with Gasteiger partial charge >= 0.3 is 0 Å². The summed E-state index contributed by atoms with van der Waals surface area (Å²) in [6, 6.07) is 5.72. The second-order valence-electron chi connectivity index (χ2n) is 5.46. The third-order valence-corrected chi connectivity index (χ3v) is 4.66. The molecule has 0 N–H and O–H groups in total. The van der Waals surface area contributed by atoms with Crippen LogP contribution >= 0.6 is 23.2 Å². The minimum absolute atomic E-state index is 0.0243. The van der Waals surface area contributed by atoms with Gasteiger partial charge in [0.15, 0.2) is 6.29 Å². The summed E-state index contributed by atoms with van der Waals surface area (Å²) in [7, 11) is 0. The Bertz CT molecular complexity index is 455. The quantitative estimate of drug-likeness (QED) is 0.851. The van der Waals surface area contributed by atoms with Crippen molar-refractivity contribution in [2.24, 2.45) is 5.92 Å². The first-order valence-electron chi connectivity index (χ1n) is 7.12. The van der Waals surface area contributed by atoms with Crippen molar-refractivity contribution in [2.45, 2.75) is 25.7 Å². The van der Waals surface area contributed by atoms with Crippen molar-refractivity contribution in [1.29, 1.82) is 0 Å². The Labute approximate surface area is 129 Å². The normalized spacial score (nSPS) is 22.5. The number of nitrogens with zero attached hydrogens (tertiary/aromatic N) is 1. The van der Waals surface area contributed by atoms with Crippen molar-refractivity contribution in [2.75, 3.05) is 26.3 Å². The molecule has 3 rings (SSSR count). The maximum absolute atomic E-state index is 6.23. The first kappa shape index (κ1) is 14.6. The molecule has 2 aliphatic rings. The van der Waals surface area contributed by atoms with Crippen LogP contribution in [0.1, 0.15) is 18.4 Å². The molecule has 110 valence electrons. The molecule has 2 aliphatic heterocycles. The third-order valence-electron chi connectivity index (χ3n) is 4.07. The van der Waals surface area contributed by atoms with E-state index in [4.69, 9.17) is 32.7 Å². The van der Waals surface area contributed by atoms with Crippen LogP contribution in [-0.2, 0) is 16.0 Å². The molecule has 0 bridgehead atoms. The van der Waals surface area contributed by atoms with E-state index in [1.165, 1.54) is 0 Å². The standard InChI is InChI=1S/C15H19Cl2NO2/c16-13-2-1-12(14(17)9-13)10-18-5-3-11(4-6-18)15-19-7-8-20-15/h1-2,9,11,15H,3-8,10H2. The fourth-order valence-electron chi connectivity index (χ4n) is 2.92. The average molecular weight is 316 g/mol. The number of hydrogen-bond donors (Lipinski definition) is 0. The summed E-state index contributed by atoms with van der Waals surface area (Å²) in [5.74, 6) is 0.537. The van der Waals surface area contributed by atoms with Crippen molar-refractivity contribution in [3.63, 3.8) is 0 Å². The van der Waals surface area contributed by atoms with Crippen LogP contribution in [0.15, 0.2) is 18.2 Å². The molecule has 5 heteroatoms. The third kappa shape index (κ3) is 3.46. The fourth-order valence-corrected chi connectivity index (χ4v) is 3.39. The van der Waals surface area contributed by atoms with E-state index in [1.54, 1.807) is 0 Å². The van der Waals surface area contributed by atoms with Gasteiger partial charge in [0.05, 0.1) is 13.2 Å². The zero-order valence-electron chi connectivity index (χ0n) is 11.4. The lowest BCUT2D eigenvalue weighted by Crippen LogP contribution is -2.37. The summed E-state index contributed by atoms with van der Waals surface area (Å²) < 4.78 is 11.2. The Hall–Kier alpha value is -0.320. The van der Waals surface area contributed by atoms with Gasteiger partial charge in [0.2, 0.25) is 0 Å². The zero-order valence-corrected chi connectivity index (χ0v) is 12.9. The molecule has 2 heterocycles. The first-order valence-corrected chi connectivity index (χ1v) is 7.87. The highest BCUT2D eigenvalue weighted by Crippen LogP contribution is 2.28. The van der Waals surface area contributed by atoms with Crippen LogP contribution in [0.4, 0.5) is 0 Å². The number of likely N-dealkylation sites (tertiary alicyclic amines) is 1. The molecule has 0 amide bonds. The molecule has 0 atom stereocenters. The lowest BCUT2D eigenvalue weighted by molar-refractivity contribution is -0.0977. The van der Waals surface area contributed by atoms with Crippen molar-refractivity contribution in [1.82, 2.24) is 4.90 Å². The SMILES string of the molecule is Clc1ccc(CN2CCC(C3OCCO3)CC2)c(Cl)c1. The summed E-state index contributed by atoms with van der Waals surface area (Å²) >= 11 is 12.2. The molecular formula is C15H19Cl2NO2. The smallest absolute Gasteiger partial charge is 0.160 e. The van der Waals surface area contributed by atoms with Gasteiger partial charge in [0.25, 0.3) is 0 Å². The molecule has 1 aromatic rings. The molecule has 0 aliphatic carbocycles. The van der Waals surface area contributed by atoms with E-state index in [0.717, 1.165) is 56.3 Å². The number of halogens is 2. The molecule has 0 aromatic heterocycles. The zero-order chi connectivity index (χ0) is 13.9. The molecule has 0 radical (unpaired) electrons. The maximum Gasteiger partial charge on any atom is 0.160 e. The molecule has 0 unspecified atom stereocenters. The summed E-state index contributed by atoms with van der Waals surface area (Å²) in [4.78, 5) is 2.43. The predicted molar refractivity (Wildman–Crippen MR) is 80.2 cm³/mol. The lowest BCUT2D eigenvalue weighted by atomic mass is 9.96. The van der Waals surface area contributed by atoms with Crippen LogP contribution in [0.2, 0.25) is 10.0 Å². The van der Waals surface area contributed by atoms with Crippen molar-refractivity contribution >= 4 is 23.2 Å². The van der Waals surface area contributed by atoms with Gasteiger partial charge in [0, 0.05) is 22.5 Å². The monoisotopic (exact) mass is 315 g/mol. The van der Waals surface area contributed by atoms with Gasteiger partial charge in [-0.3, -0.25) is 4.90 Å². The number of benzene rings is 1. The molecular weight excluding hydrogens is 297 g/mol. The van der Waals surface area contributed by atoms with Crippen LogP contribution < -0.4 is 0 Å². The Kier molecular flexibility index (Phi) is 4.84. The number of rotatable bonds is 3. The van der Waals surface area contributed by atoms with Gasteiger partial charge in [-0.25, -0.2) is 0 Å². The highest BCUT2D eigenvalue weighted by Gasteiger charge is 2.30. The Morgan fingerprint density at radius 2 is 1.80 bits per heavy atom. The van der Waals surface area contributed by atoms with Crippen LogP contribution in [0.3, 0.4) is 0 Å². The second-order valence-corrected chi connectivity index (χ2v) is 6.30. The lowest BCUT2D eigenvalue weighted by Gasteiger charge is -2.34. The van der Waals surface area contributed by atoms with Gasteiger partial charge in [0.1, 0.15) is 0 Å². The summed E-state index contributed by atoms with van der Waals surface area (Å²) in [5, 5.41) is 1.44. The van der Waals surface area contributed by atoms with Crippen molar-refractivity contribution in [3.05, 3.63) is 33.8 Å². The Balaban J connectivity index is 1.53. The number of piperidine rings is 1. The molecule has 2 fully saturated rings. The fraction of sp³-hybridized carbons (Fsp3) is 0.600. The maximum atomic E-state index is 6.23. The molecule has 3 nitrogen and oxygen atoms in total. The molecule has 0 saturated carbocycles. The minimum Gasteiger partial charge on any atom is -0.350 e. The van der Waals surface area contributed by atoms with Gasteiger partial charge in [-0.1, -0.05) is 29.3 Å². The van der Waals surface area contributed by atoms with E-state index in [1.807, 2.05) is 18.2 Å². The highest BCUT2D eigenvalue weighted by molar-refractivity contribution is 6.35. The number of ether oxygens (including phenoxy) is 2. The van der Waals surface area contributed by atoms with E-state index in [0.29, 0.717) is 10.9 Å². The topological polar surface area (TPSA) is 21.7 Å². The summed E-state index contributed by atoms with van der Waals surface area (Å²) in [6.45, 7) is 4.49. The second kappa shape index (κ2) is 6.63. The van der Waals surface area contributed by atoms with E-state index in [-0.39, 0.29) is 6.29 Å². The van der Waals surface area contributed by atoms with E-state index in [9.17, 15) is 0 Å². The van der Waals surface area contributed by atoms with Crippen LogP contribution in [0.5, 0.6) is 0 Å². The molecule has 20 heavy (non-hydrogen) atoms. The molecule has 0 spiro atoms. The van der Waals surface area contributed by atoms with Gasteiger partial charge < -0.3 is 9.47 Å². The first-order chi connectivity index (χ1) is 9.72. The van der Waals surface area contributed by atoms with Crippen LogP contribution in [0, 0.1) is 5.92 Å². The molecule has 1 aromatic carbocycles. The average Bonchev–Trinajstić information content (AvgIpc) is 2.97. The van der Waals surface area contributed by atoms with E-state index in [2.05, 4.69) is 4.90 Å². The van der Waals surface area contributed by atoms with Crippen molar-refractivity contribution < 1.29 is 9.47 Å². The largest absolute Gasteiger partial charge is 0.350 e. The minimum atomic E-state index is 0.0243. The number of hydrogen-bond acceptors (Lipinski definition) is 3. The summed E-state index contributed by atoms with van der Waals surface area (Å²) in [6.07, 6.45) is 2.27. The van der Waals surface area contributed by atoms with Gasteiger partial charge in [-0.05, 0) is 43.6 Å². The van der Waals surface area contributed by atoms with Crippen LogP contribution in [-0.4, -0.2) is 37.5 Å². The summed E-state index contributed by atoms with van der Waals surface area (Å²) in [5.41, 5.74) is 1.14. The highest BCUT2D eigenvalue weighted by atomic mass is 35.5. The van der Waals surface area contributed by atoms with Gasteiger partial charge in [-0.2, -0.15) is 0 Å². The van der Waals surface area contributed by atoms with E-state index < -0.39 is 0 Å².